The maximum Gasteiger partial charge on any atom is 0.159 e. The lowest BCUT2D eigenvalue weighted by Crippen LogP contribution is -2.05. The Labute approximate surface area is 164 Å². The molecule has 0 spiro atoms. The van der Waals surface area contributed by atoms with Gasteiger partial charge in [-0.25, -0.2) is 9.97 Å². The second kappa shape index (κ2) is 7.54. The highest BCUT2D eigenvalue weighted by Crippen LogP contribution is 2.34. The molecule has 1 aromatic heterocycles. The first-order valence-electron chi connectivity index (χ1n) is 6.98. The number of nitrogen functional groups attached to an aromatic ring is 1. The van der Waals surface area contributed by atoms with Gasteiger partial charge in [-0.05, 0) is 36.4 Å². The minimum atomic E-state index is 0.305. The molecule has 0 radical (unpaired) electrons. The Kier molecular flexibility index (Phi) is 5.39. The van der Waals surface area contributed by atoms with Gasteiger partial charge in [-0.15, -0.1) is 0 Å². The van der Waals surface area contributed by atoms with Gasteiger partial charge in [0.05, 0.1) is 21.4 Å². The quantitative estimate of drug-likeness (QED) is 0.476. The fraction of sp³-hybridized carbons (Fsp3) is 0. The normalized spacial score (nSPS) is 10.6. The zero-order valence-electron chi connectivity index (χ0n) is 12.5. The Balaban J connectivity index is 1.89. The summed E-state index contributed by atoms with van der Waals surface area (Å²) < 4.78 is 0. The van der Waals surface area contributed by atoms with Crippen LogP contribution in [0.2, 0.25) is 20.1 Å². The number of hydrogen-bond acceptors (Lipinski definition) is 5. The van der Waals surface area contributed by atoms with Crippen molar-refractivity contribution in [2.45, 2.75) is 0 Å². The lowest BCUT2D eigenvalue weighted by molar-refractivity contribution is 1.17. The summed E-state index contributed by atoms with van der Waals surface area (Å²) in [5.41, 5.74) is 7.69. The van der Waals surface area contributed by atoms with Gasteiger partial charge in [0, 0.05) is 10.0 Å². The number of anilines is 5. The molecule has 4 N–H and O–H groups in total. The number of rotatable bonds is 4. The standard InChI is InChI=1S/C16H11Cl4N5/c17-8-1-3-12(10(19)5-8)24-15-14(21)16(23-7-22-15)25-13-4-2-9(18)6-11(13)20/h1-7H,21H2,(H2,22,23,24,25). The second-order valence-electron chi connectivity index (χ2n) is 4.98. The van der Waals surface area contributed by atoms with Crippen LogP contribution in [0, 0.1) is 0 Å². The van der Waals surface area contributed by atoms with Crippen molar-refractivity contribution in [1.82, 2.24) is 9.97 Å². The van der Waals surface area contributed by atoms with Crippen molar-refractivity contribution in [1.29, 1.82) is 0 Å². The summed E-state index contributed by atoms with van der Waals surface area (Å²) >= 11 is 24.1. The molecule has 0 saturated carbocycles. The van der Waals surface area contributed by atoms with Gasteiger partial charge < -0.3 is 16.4 Å². The Bertz CT molecular complexity index is 861. The summed E-state index contributed by atoms with van der Waals surface area (Å²) in [6, 6.07) is 10.1. The second-order valence-corrected chi connectivity index (χ2v) is 6.67. The van der Waals surface area contributed by atoms with Crippen molar-refractivity contribution in [3.63, 3.8) is 0 Å². The van der Waals surface area contributed by atoms with Gasteiger partial charge in [0.25, 0.3) is 0 Å². The van der Waals surface area contributed by atoms with E-state index < -0.39 is 0 Å². The van der Waals surface area contributed by atoms with Crippen molar-refractivity contribution in [3.8, 4) is 0 Å². The van der Waals surface area contributed by atoms with Crippen LogP contribution in [0.5, 0.6) is 0 Å². The zero-order valence-corrected chi connectivity index (χ0v) is 15.5. The molecule has 2 aromatic carbocycles. The third-order valence-electron chi connectivity index (χ3n) is 3.25. The first-order chi connectivity index (χ1) is 11.9. The summed E-state index contributed by atoms with van der Waals surface area (Å²) in [6.45, 7) is 0. The van der Waals surface area contributed by atoms with E-state index in [9.17, 15) is 0 Å². The topological polar surface area (TPSA) is 75.9 Å². The number of benzene rings is 2. The van der Waals surface area contributed by atoms with Crippen LogP contribution in [0.4, 0.5) is 28.7 Å². The molecule has 0 bridgehead atoms. The monoisotopic (exact) mass is 413 g/mol. The minimum Gasteiger partial charge on any atom is -0.393 e. The average Bonchev–Trinajstić information content (AvgIpc) is 2.56. The van der Waals surface area contributed by atoms with Crippen molar-refractivity contribution in [3.05, 3.63) is 62.8 Å². The van der Waals surface area contributed by atoms with Crippen molar-refractivity contribution >= 4 is 75.1 Å². The third-order valence-corrected chi connectivity index (χ3v) is 4.35. The van der Waals surface area contributed by atoms with Crippen LogP contribution in [-0.2, 0) is 0 Å². The Morgan fingerprint density at radius 3 is 1.56 bits per heavy atom. The van der Waals surface area contributed by atoms with Gasteiger partial charge in [0.15, 0.2) is 11.6 Å². The van der Waals surface area contributed by atoms with Crippen LogP contribution >= 0.6 is 46.4 Å². The maximum atomic E-state index is 6.16. The number of nitrogens with two attached hydrogens (primary N) is 1. The molecule has 0 aliphatic rings. The first-order valence-corrected chi connectivity index (χ1v) is 8.50. The van der Waals surface area contributed by atoms with Crippen molar-refractivity contribution in [2.24, 2.45) is 0 Å². The highest BCUT2D eigenvalue weighted by molar-refractivity contribution is 6.37. The highest BCUT2D eigenvalue weighted by atomic mass is 35.5. The van der Waals surface area contributed by atoms with E-state index in [4.69, 9.17) is 52.1 Å². The van der Waals surface area contributed by atoms with E-state index in [-0.39, 0.29) is 0 Å². The summed E-state index contributed by atoms with van der Waals surface area (Å²) in [6.07, 6.45) is 1.37. The Morgan fingerprint density at radius 2 is 1.16 bits per heavy atom. The molecule has 128 valence electrons. The largest absolute Gasteiger partial charge is 0.393 e. The molecule has 25 heavy (non-hydrogen) atoms. The molecule has 0 atom stereocenters. The molecule has 3 rings (SSSR count). The van der Waals surface area contributed by atoms with Gasteiger partial charge in [-0.1, -0.05) is 46.4 Å². The maximum absolute atomic E-state index is 6.16. The average molecular weight is 415 g/mol. The molecule has 0 saturated heterocycles. The number of nitrogens with one attached hydrogen (secondary N) is 2. The lowest BCUT2D eigenvalue weighted by atomic mass is 10.3. The van der Waals surface area contributed by atoms with E-state index in [0.29, 0.717) is 48.8 Å². The Morgan fingerprint density at radius 1 is 0.720 bits per heavy atom. The SMILES string of the molecule is Nc1c(Nc2ccc(Cl)cc2Cl)ncnc1Nc1ccc(Cl)cc1Cl. The molecule has 3 aromatic rings. The predicted octanol–water partition coefficient (Wildman–Crippen LogP) is 6.16. The number of hydrogen-bond donors (Lipinski definition) is 3. The van der Waals surface area contributed by atoms with Crippen LogP contribution < -0.4 is 16.4 Å². The number of halogens is 4. The van der Waals surface area contributed by atoms with Crippen LogP contribution in [0.3, 0.4) is 0 Å². The number of aromatic nitrogens is 2. The highest BCUT2D eigenvalue weighted by Gasteiger charge is 2.12. The predicted molar refractivity (Wildman–Crippen MR) is 106 cm³/mol. The van der Waals surface area contributed by atoms with Crippen LogP contribution in [0.1, 0.15) is 0 Å². The van der Waals surface area contributed by atoms with Gasteiger partial charge >= 0.3 is 0 Å². The van der Waals surface area contributed by atoms with E-state index in [1.165, 1.54) is 6.33 Å². The smallest absolute Gasteiger partial charge is 0.159 e. The Hall–Kier alpha value is -1.92. The van der Waals surface area contributed by atoms with Gasteiger partial charge in [-0.2, -0.15) is 0 Å². The third kappa shape index (κ3) is 4.19. The fourth-order valence-electron chi connectivity index (χ4n) is 2.03. The summed E-state index contributed by atoms with van der Waals surface area (Å²) in [4.78, 5) is 8.29. The molecular formula is C16H11Cl4N5. The number of nitrogens with zero attached hydrogens (tertiary/aromatic N) is 2. The van der Waals surface area contributed by atoms with Crippen LogP contribution in [0.15, 0.2) is 42.7 Å². The molecule has 5 nitrogen and oxygen atoms in total. The molecule has 1 heterocycles. The van der Waals surface area contributed by atoms with Crippen LogP contribution in [0.25, 0.3) is 0 Å². The van der Waals surface area contributed by atoms with Crippen LogP contribution in [-0.4, -0.2) is 9.97 Å². The van der Waals surface area contributed by atoms with E-state index in [0.717, 1.165) is 0 Å². The van der Waals surface area contributed by atoms with E-state index >= 15 is 0 Å². The molecule has 9 heteroatoms. The van der Waals surface area contributed by atoms with Gasteiger partial charge in [-0.3, -0.25) is 0 Å². The molecular weight excluding hydrogens is 404 g/mol. The molecule has 0 fully saturated rings. The summed E-state index contributed by atoms with van der Waals surface area (Å²) in [7, 11) is 0. The molecule has 0 unspecified atom stereocenters. The van der Waals surface area contributed by atoms with E-state index in [2.05, 4.69) is 20.6 Å². The van der Waals surface area contributed by atoms with Crippen molar-refractivity contribution in [2.75, 3.05) is 16.4 Å². The van der Waals surface area contributed by atoms with Crippen molar-refractivity contribution < 1.29 is 0 Å². The molecule has 0 aliphatic heterocycles. The molecule has 0 aliphatic carbocycles. The van der Waals surface area contributed by atoms with E-state index in [1.54, 1.807) is 36.4 Å². The first kappa shape index (κ1) is 17.9. The van der Waals surface area contributed by atoms with E-state index in [1.807, 2.05) is 0 Å². The fourth-order valence-corrected chi connectivity index (χ4v) is 2.94. The summed E-state index contributed by atoms with van der Waals surface area (Å²) in [5.74, 6) is 0.790. The summed E-state index contributed by atoms with van der Waals surface area (Å²) in [5, 5.41) is 8.07. The lowest BCUT2D eigenvalue weighted by Gasteiger charge is -2.14. The van der Waals surface area contributed by atoms with Gasteiger partial charge in [0.2, 0.25) is 0 Å². The zero-order chi connectivity index (χ0) is 18.0. The van der Waals surface area contributed by atoms with Gasteiger partial charge in [0.1, 0.15) is 12.0 Å². The molecule has 0 amide bonds. The minimum absolute atomic E-state index is 0.305.